The molecule has 0 aromatic rings. The van der Waals surface area contributed by atoms with Crippen LogP contribution in [-0.4, -0.2) is 53.9 Å². The summed E-state index contributed by atoms with van der Waals surface area (Å²) in [5.74, 6) is 0. The van der Waals surface area contributed by atoms with Gasteiger partial charge in [-0.3, -0.25) is 0 Å². The fourth-order valence-corrected chi connectivity index (χ4v) is 3.32. The van der Waals surface area contributed by atoms with Gasteiger partial charge in [0.05, 0.1) is 0 Å². The molecule has 0 unspecified atom stereocenters. The van der Waals surface area contributed by atoms with Crippen molar-refractivity contribution in [3.05, 3.63) is 0 Å². The summed E-state index contributed by atoms with van der Waals surface area (Å²) in [5, 5.41) is 0. The molecule has 0 aliphatic heterocycles. The Kier molecular flexibility index (Phi) is 8.74. The molecule has 15 heavy (non-hydrogen) atoms. The molecular formula is C10H24GeO4. The third-order valence-corrected chi connectivity index (χ3v) is 4.13. The first kappa shape index (κ1) is 15.4. The van der Waals surface area contributed by atoms with E-state index in [9.17, 15) is 0 Å². The number of ether oxygens (including phenoxy) is 4. The van der Waals surface area contributed by atoms with Gasteiger partial charge in [0, 0.05) is 0 Å². The molecule has 0 amide bonds. The molecule has 4 nitrogen and oxygen atoms in total. The topological polar surface area (TPSA) is 36.9 Å². The van der Waals surface area contributed by atoms with E-state index in [2.05, 4.69) is 0 Å². The van der Waals surface area contributed by atoms with Gasteiger partial charge in [0.1, 0.15) is 0 Å². The van der Waals surface area contributed by atoms with E-state index < -0.39 is 10.9 Å². The van der Waals surface area contributed by atoms with Crippen molar-refractivity contribution in [2.45, 2.75) is 38.6 Å². The Labute approximate surface area is 101 Å². The van der Waals surface area contributed by atoms with Crippen LogP contribution in [-0.2, 0) is 18.9 Å². The summed E-state index contributed by atoms with van der Waals surface area (Å²) in [5.41, 5.74) is 0. The zero-order chi connectivity index (χ0) is 11.7. The van der Waals surface area contributed by atoms with Gasteiger partial charge in [0.15, 0.2) is 0 Å². The van der Waals surface area contributed by atoms with Crippen molar-refractivity contribution in [1.29, 1.82) is 0 Å². The van der Waals surface area contributed by atoms with E-state index >= 15 is 0 Å². The number of hydrogen-bond donors (Lipinski definition) is 0. The molecule has 0 aliphatic rings. The standard InChI is InChI=1S/C10H24GeO4/c1-5-12-9(13-6-2)10(11,14-7-3)15-8-4/h9H,5-8H2,1-4,11H3. The van der Waals surface area contributed by atoms with Gasteiger partial charge in [-0.15, -0.1) is 0 Å². The fourth-order valence-electron chi connectivity index (χ4n) is 1.40. The van der Waals surface area contributed by atoms with Crippen LogP contribution in [0.25, 0.3) is 0 Å². The Balaban J connectivity index is 4.48. The molecule has 0 saturated carbocycles. The van der Waals surface area contributed by atoms with Crippen LogP contribution in [0.4, 0.5) is 0 Å². The summed E-state index contributed by atoms with van der Waals surface area (Å²) in [7, 11) is 0. The Morgan fingerprint density at radius 2 is 1.27 bits per heavy atom. The van der Waals surface area contributed by atoms with Crippen LogP contribution in [0.15, 0.2) is 0 Å². The summed E-state index contributed by atoms with van der Waals surface area (Å²) in [6, 6.07) is 0. The average molecular weight is 281 g/mol. The van der Waals surface area contributed by atoms with Crippen LogP contribution in [0.5, 0.6) is 0 Å². The van der Waals surface area contributed by atoms with Crippen LogP contribution in [0.2, 0.25) is 0 Å². The molecule has 0 saturated heterocycles. The second-order valence-corrected chi connectivity index (χ2v) is 6.05. The van der Waals surface area contributed by atoms with Gasteiger partial charge in [-0.1, -0.05) is 0 Å². The first-order valence-electron chi connectivity index (χ1n) is 5.65. The van der Waals surface area contributed by atoms with E-state index in [0.717, 1.165) is 0 Å². The molecule has 0 fully saturated rings. The van der Waals surface area contributed by atoms with E-state index in [1.807, 2.05) is 27.7 Å². The second kappa shape index (κ2) is 8.53. The molecule has 5 heteroatoms. The zero-order valence-electron chi connectivity index (χ0n) is 10.5. The molecule has 0 atom stereocenters. The minimum atomic E-state index is -0.636. The van der Waals surface area contributed by atoms with E-state index in [0.29, 0.717) is 42.9 Å². The van der Waals surface area contributed by atoms with Gasteiger partial charge in [0.25, 0.3) is 0 Å². The number of hydrogen-bond acceptors (Lipinski definition) is 4. The second-order valence-electron chi connectivity index (χ2n) is 3.12. The van der Waals surface area contributed by atoms with E-state index in [1.165, 1.54) is 0 Å². The molecule has 0 aliphatic carbocycles. The van der Waals surface area contributed by atoms with Crippen molar-refractivity contribution in [2.24, 2.45) is 0 Å². The van der Waals surface area contributed by atoms with Gasteiger partial charge < -0.3 is 0 Å². The van der Waals surface area contributed by atoms with Crippen LogP contribution < -0.4 is 0 Å². The van der Waals surface area contributed by atoms with Gasteiger partial charge >= 0.3 is 100 Å². The van der Waals surface area contributed by atoms with Crippen LogP contribution in [0.3, 0.4) is 0 Å². The van der Waals surface area contributed by atoms with Gasteiger partial charge in [-0.05, 0) is 0 Å². The fraction of sp³-hybridized carbons (Fsp3) is 1.00. The van der Waals surface area contributed by atoms with E-state index in [-0.39, 0.29) is 0 Å². The molecule has 0 N–H and O–H groups in total. The maximum atomic E-state index is 5.65. The first-order chi connectivity index (χ1) is 7.14. The summed E-state index contributed by atoms with van der Waals surface area (Å²) >= 11 is 0.307. The predicted octanol–water partition coefficient (Wildman–Crippen LogP) is 0.478. The summed E-state index contributed by atoms with van der Waals surface area (Å²) in [6.07, 6.45) is -0.396. The maximum absolute atomic E-state index is 5.65. The van der Waals surface area contributed by atoms with E-state index in [4.69, 9.17) is 18.9 Å². The quantitative estimate of drug-likeness (QED) is 0.455. The summed E-state index contributed by atoms with van der Waals surface area (Å²) in [6.45, 7) is 10.2. The van der Waals surface area contributed by atoms with Crippen LogP contribution >= 0.6 is 0 Å². The molecule has 0 aromatic carbocycles. The van der Waals surface area contributed by atoms with Gasteiger partial charge in [-0.2, -0.15) is 0 Å². The first-order valence-corrected chi connectivity index (χ1v) is 7.75. The zero-order valence-corrected chi connectivity index (χ0v) is 14.7. The molecule has 92 valence electrons. The molecule has 0 bridgehead atoms. The third kappa shape index (κ3) is 5.31. The van der Waals surface area contributed by atoms with Crippen molar-refractivity contribution in [2.75, 3.05) is 26.4 Å². The van der Waals surface area contributed by atoms with Gasteiger partial charge in [-0.25, -0.2) is 0 Å². The average Bonchev–Trinajstić information content (AvgIpc) is 2.18. The predicted molar refractivity (Wildman–Crippen MR) is 63.0 cm³/mol. The molecule has 0 spiro atoms. The van der Waals surface area contributed by atoms with Crippen molar-refractivity contribution in [3.63, 3.8) is 0 Å². The Hall–Kier alpha value is 0.383. The van der Waals surface area contributed by atoms with Crippen LogP contribution in [0, 0.1) is 0 Å². The molecular weight excluding hydrogens is 257 g/mol. The minimum absolute atomic E-state index is 0.307. The molecule has 0 rings (SSSR count). The molecule has 0 heterocycles. The Morgan fingerprint density at radius 3 is 1.53 bits per heavy atom. The van der Waals surface area contributed by atoms with E-state index in [1.54, 1.807) is 0 Å². The van der Waals surface area contributed by atoms with Crippen molar-refractivity contribution in [3.8, 4) is 0 Å². The summed E-state index contributed by atoms with van der Waals surface area (Å²) < 4.78 is 21.7. The Bertz CT molecular complexity index is 142. The molecule has 0 radical (unpaired) electrons. The molecule has 0 aromatic heterocycles. The van der Waals surface area contributed by atoms with Crippen molar-refractivity contribution >= 4 is 16.5 Å². The Morgan fingerprint density at radius 1 is 0.867 bits per heavy atom. The SMILES string of the molecule is CCOC(OCC)[C]([GeH3])(OCC)OCC. The van der Waals surface area contributed by atoms with Crippen molar-refractivity contribution < 1.29 is 18.9 Å². The normalized spacial score (nSPS) is 12.6. The van der Waals surface area contributed by atoms with Gasteiger partial charge in [0.2, 0.25) is 0 Å². The number of rotatable bonds is 9. The van der Waals surface area contributed by atoms with Crippen molar-refractivity contribution in [1.82, 2.24) is 0 Å². The third-order valence-electron chi connectivity index (χ3n) is 1.93. The summed E-state index contributed by atoms with van der Waals surface area (Å²) in [4.78, 5) is 0. The van der Waals surface area contributed by atoms with Crippen LogP contribution in [0.1, 0.15) is 27.7 Å². The monoisotopic (exact) mass is 282 g/mol.